The molecule has 0 radical (unpaired) electrons. The monoisotopic (exact) mass is 374 g/mol. The van der Waals surface area contributed by atoms with Crippen LogP contribution in [0.2, 0.25) is 0 Å². The maximum Gasteiger partial charge on any atom is 0.153 e. The van der Waals surface area contributed by atoms with E-state index in [1.165, 1.54) is 11.1 Å². The number of rotatable bonds is 2. The molecule has 2 aliphatic heterocycles. The number of hydrogen-bond acceptors (Lipinski definition) is 5. The summed E-state index contributed by atoms with van der Waals surface area (Å²) in [7, 11) is 0. The van der Waals surface area contributed by atoms with Gasteiger partial charge in [-0.1, -0.05) is 22.0 Å². The largest absolute Gasteiger partial charge is 0.378 e. The predicted molar refractivity (Wildman–Crippen MR) is 94.0 cm³/mol. The highest BCUT2D eigenvalue weighted by Gasteiger charge is 2.19. The van der Waals surface area contributed by atoms with Crippen LogP contribution >= 0.6 is 15.9 Å². The first kappa shape index (κ1) is 14.9. The van der Waals surface area contributed by atoms with Gasteiger partial charge in [0, 0.05) is 36.7 Å². The molecule has 0 aliphatic carbocycles. The molecule has 120 valence electrons. The average Bonchev–Trinajstić information content (AvgIpc) is 2.62. The minimum Gasteiger partial charge on any atom is -0.378 e. The number of benzene rings is 1. The van der Waals surface area contributed by atoms with Gasteiger partial charge >= 0.3 is 0 Å². The average molecular weight is 375 g/mol. The zero-order valence-corrected chi connectivity index (χ0v) is 14.5. The van der Waals surface area contributed by atoms with Crippen LogP contribution in [0, 0.1) is 0 Å². The van der Waals surface area contributed by atoms with E-state index in [4.69, 9.17) is 4.74 Å². The third-order valence-corrected chi connectivity index (χ3v) is 5.00. The lowest BCUT2D eigenvalue weighted by Gasteiger charge is -2.32. The second kappa shape index (κ2) is 6.45. The van der Waals surface area contributed by atoms with Crippen LogP contribution in [0.1, 0.15) is 11.1 Å². The fourth-order valence-corrected chi connectivity index (χ4v) is 3.62. The highest BCUT2D eigenvalue weighted by molar-refractivity contribution is 9.10. The Hall–Kier alpha value is -1.66. The van der Waals surface area contributed by atoms with Crippen molar-refractivity contribution in [3.63, 3.8) is 0 Å². The van der Waals surface area contributed by atoms with E-state index in [9.17, 15) is 0 Å². The molecule has 23 heavy (non-hydrogen) atoms. The van der Waals surface area contributed by atoms with E-state index in [2.05, 4.69) is 60.2 Å². The quantitative estimate of drug-likeness (QED) is 0.807. The van der Waals surface area contributed by atoms with Gasteiger partial charge in [0.1, 0.15) is 0 Å². The number of ether oxygens (including phenoxy) is 1. The zero-order chi connectivity index (χ0) is 15.6. The van der Waals surface area contributed by atoms with E-state index in [0.717, 1.165) is 61.8 Å². The Morgan fingerprint density at radius 1 is 1.00 bits per heavy atom. The van der Waals surface area contributed by atoms with Crippen molar-refractivity contribution in [1.82, 2.24) is 10.2 Å². The van der Waals surface area contributed by atoms with Crippen LogP contribution in [0.4, 0.5) is 11.5 Å². The van der Waals surface area contributed by atoms with Crippen LogP contribution in [0.25, 0.3) is 0 Å². The highest BCUT2D eigenvalue weighted by atomic mass is 79.9. The smallest absolute Gasteiger partial charge is 0.153 e. The lowest BCUT2D eigenvalue weighted by molar-refractivity contribution is 0.122. The summed E-state index contributed by atoms with van der Waals surface area (Å²) < 4.78 is 6.58. The lowest BCUT2D eigenvalue weighted by Crippen LogP contribution is -2.37. The molecule has 2 aromatic rings. The lowest BCUT2D eigenvalue weighted by atomic mass is 10.00. The summed E-state index contributed by atoms with van der Waals surface area (Å²) in [5.74, 6) is 0.961. The molecule has 0 unspecified atom stereocenters. The Morgan fingerprint density at radius 3 is 2.74 bits per heavy atom. The summed E-state index contributed by atoms with van der Waals surface area (Å²) in [5.41, 5.74) is 3.94. The topological polar surface area (TPSA) is 41.5 Å². The molecule has 0 spiro atoms. The third-order valence-electron chi connectivity index (χ3n) is 4.51. The molecule has 2 aliphatic rings. The van der Waals surface area contributed by atoms with Crippen LogP contribution in [-0.4, -0.2) is 43.0 Å². The minimum absolute atomic E-state index is 0.781. The maximum atomic E-state index is 5.42. The van der Waals surface area contributed by atoms with Gasteiger partial charge in [-0.3, -0.25) is 0 Å². The number of anilines is 2. The second-order valence-corrected chi connectivity index (χ2v) is 6.87. The van der Waals surface area contributed by atoms with Gasteiger partial charge in [0.05, 0.1) is 25.1 Å². The number of fused-ring (bicyclic) bond motifs is 1. The summed E-state index contributed by atoms with van der Waals surface area (Å²) in [4.78, 5) is 4.63. The molecule has 3 heterocycles. The normalized spacial score (nSPS) is 18.0. The minimum atomic E-state index is 0.781. The van der Waals surface area contributed by atoms with E-state index in [1.54, 1.807) is 0 Å². The number of morpholine rings is 1. The SMILES string of the molecule is Brc1ccc2c(c1)CCN(c1cc(N3CCOCC3)cnn1)C2. The number of aromatic nitrogens is 2. The van der Waals surface area contributed by atoms with Crippen LogP contribution in [0.5, 0.6) is 0 Å². The zero-order valence-electron chi connectivity index (χ0n) is 12.9. The molecule has 0 bridgehead atoms. The standard InChI is InChI=1S/C17H19BrN4O/c18-15-2-1-14-12-22(4-3-13(14)9-15)17-10-16(11-19-20-17)21-5-7-23-8-6-21/h1-2,9-11H,3-8,12H2. The molecular weight excluding hydrogens is 356 g/mol. The Balaban J connectivity index is 1.55. The first-order chi connectivity index (χ1) is 11.3. The molecule has 0 atom stereocenters. The Morgan fingerprint density at radius 2 is 1.87 bits per heavy atom. The van der Waals surface area contributed by atoms with Gasteiger partial charge in [-0.15, -0.1) is 5.10 Å². The fourth-order valence-electron chi connectivity index (χ4n) is 3.21. The van der Waals surface area contributed by atoms with Crippen LogP contribution in [0.15, 0.2) is 34.9 Å². The highest BCUT2D eigenvalue weighted by Crippen LogP contribution is 2.27. The first-order valence-corrected chi connectivity index (χ1v) is 8.76. The molecule has 1 fully saturated rings. The van der Waals surface area contributed by atoms with Crippen molar-refractivity contribution >= 4 is 27.4 Å². The van der Waals surface area contributed by atoms with Crippen molar-refractivity contribution in [2.24, 2.45) is 0 Å². The Bertz CT molecular complexity index is 703. The summed E-state index contributed by atoms with van der Waals surface area (Å²) in [5, 5.41) is 8.58. The van der Waals surface area contributed by atoms with E-state index >= 15 is 0 Å². The van der Waals surface area contributed by atoms with Gasteiger partial charge in [-0.05, 0) is 29.7 Å². The number of hydrogen-bond donors (Lipinski definition) is 0. The van der Waals surface area contributed by atoms with E-state index in [0.29, 0.717) is 0 Å². The molecule has 1 aromatic heterocycles. The molecule has 0 amide bonds. The van der Waals surface area contributed by atoms with Crippen LogP contribution in [0.3, 0.4) is 0 Å². The molecule has 6 heteroatoms. The molecule has 4 rings (SSSR count). The van der Waals surface area contributed by atoms with Crippen molar-refractivity contribution in [3.05, 3.63) is 46.1 Å². The summed E-state index contributed by atoms with van der Waals surface area (Å²) in [6, 6.07) is 8.69. The van der Waals surface area contributed by atoms with Gasteiger partial charge in [-0.2, -0.15) is 5.10 Å². The number of halogens is 1. The van der Waals surface area contributed by atoms with Crippen LogP contribution < -0.4 is 9.80 Å². The first-order valence-electron chi connectivity index (χ1n) is 7.97. The summed E-state index contributed by atoms with van der Waals surface area (Å²) >= 11 is 3.55. The van der Waals surface area contributed by atoms with Gasteiger partial charge in [0.15, 0.2) is 5.82 Å². The van der Waals surface area contributed by atoms with Crippen molar-refractivity contribution in [3.8, 4) is 0 Å². The molecule has 0 N–H and O–H groups in total. The summed E-state index contributed by atoms with van der Waals surface area (Å²) in [6.07, 6.45) is 2.89. The molecule has 1 saturated heterocycles. The van der Waals surface area contributed by atoms with Crippen molar-refractivity contribution in [2.45, 2.75) is 13.0 Å². The predicted octanol–water partition coefficient (Wildman–Crippen LogP) is 2.64. The van der Waals surface area contributed by atoms with Gasteiger partial charge in [0.25, 0.3) is 0 Å². The molecule has 1 aromatic carbocycles. The van der Waals surface area contributed by atoms with E-state index in [-0.39, 0.29) is 0 Å². The Kier molecular flexibility index (Phi) is 4.18. The summed E-state index contributed by atoms with van der Waals surface area (Å²) in [6.45, 7) is 5.27. The third kappa shape index (κ3) is 3.19. The van der Waals surface area contributed by atoms with Gasteiger partial charge < -0.3 is 14.5 Å². The number of nitrogens with zero attached hydrogens (tertiary/aromatic N) is 4. The van der Waals surface area contributed by atoms with Crippen LogP contribution in [-0.2, 0) is 17.7 Å². The second-order valence-electron chi connectivity index (χ2n) is 5.96. The van der Waals surface area contributed by atoms with Crippen molar-refractivity contribution in [1.29, 1.82) is 0 Å². The van der Waals surface area contributed by atoms with Gasteiger partial charge in [0.2, 0.25) is 0 Å². The van der Waals surface area contributed by atoms with E-state index < -0.39 is 0 Å². The molecular formula is C17H19BrN4O. The molecule has 0 saturated carbocycles. The van der Waals surface area contributed by atoms with Crippen molar-refractivity contribution in [2.75, 3.05) is 42.6 Å². The fraction of sp³-hybridized carbons (Fsp3) is 0.412. The Labute approximate surface area is 144 Å². The van der Waals surface area contributed by atoms with E-state index in [1.807, 2.05) is 6.20 Å². The van der Waals surface area contributed by atoms with Gasteiger partial charge in [-0.25, -0.2) is 0 Å². The van der Waals surface area contributed by atoms with Crippen molar-refractivity contribution < 1.29 is 4.74 Å². The maximum absolute atomic E-state index is 5.42. The molecule has 5 nitrogen and oxygen atoms in total.